The molecule has 2 bridgehead atoms. The summed E-state index contributed by atoms with van der Waals surface area (Å²) in [4.78, 5) is 2.45. The molecule has 2 saturated carbocycles. The molecule has 0 saturated heterocycles. The van der Waals surface area contributed by atoms with Crippen LogP contribution in [-0.2, 0) is 0 Å². The molecular weight excluding hydrogens is 250 g/mol. The highest BCUT2D eigenvalue weighted by Gasteiger charge is 2.48. The lowest BCUT2D eigenvalue weighted by Gasteiger charge is -2.28. The van der Waals surface area contributed by atoms with Crippen LogP contribution in [0.15, 0.2) is 30.3 Å². The predicted molar refractivity (Wildman–Crippen MR) is 79.8 cm³/mol. The van der Waals surface area contributed by atoms with Crippen LogP contribution in [0.3, 0.4) is 0 Å². The van der Waals surface area contributed by atoms with Gasteiger partial charge in [-0.05, 0) is 50.8 Å². The van der Waals surface area contributed by atoms with Crippen molar-refractivity contribution in [3.63, 3.8) is 0 Å². The summed E-state index contributed by atoms with van der Waals surface area (Å²) in [6.45, 7) is 1.82. The maximum absolute atomic E-state index is 10.0. The van der Waals surface area contributed by atoms with Crippen molar-refractivity contribution in [2.45, 2.75) is 37.8 Å². The smallest absolute Gasteiger partial charge is 0.119 e. The van der Waals surface area contributed by atoms with Crippen LogP contribution in [0.2, 0.25) is 0 Å². The van der Waals surface area contributed by atoms with E-state index in [0.29, 0.717) is 12.0 Å². The van der Waals surface area contributed by atoms with Crippen LogP contribution in [0.25, 0.3) is 0 Å². The summed E-state index contributed by atoms with van der Waals surface area (Å²) in [5, 5.41) is 10.0. The van der Waals surface area contributed by atoms with Crippen molar-refractivity contribution >= 4 is 0 Å². The highest BCUT2D eigenvalue weighted by atomic mass is 16.5. The van der Waals surface area contributed by atoms with Gasteiger partial charge in [0.05, 0.1) is 12.7 Å². The Morgan fingerprint density at radius 3 is 2.70 bits per heavy atom. The third-order valence-corrected chi connectivity index (χ3v) is 5.01. The standard InChI is InChI=1S/C17H25NO2/c1-18(17-13-8-9-15(17)16(19)12-13)10-5-11-20-14-6-3-2-4-7-14/h2-4,6-7,13,15-17,19H,5,8-12H2,1H3. The first-order valence-electron chi connectivity index (χ1n) is 7.82. The zero-order valence-corrected chi connectivity index (χ0v) is 12.2. The van der Waals surface area contributed by atoms with Gasteiger partial charge in [-0.3, -0.25) is 0 Å². The van der Waals surface area contributed by atoms with E-state index in [4.69, 9.17) is 4.74 Å². The molecule has 0 amide bonds. The van der Waals surface area contributed by atoms with Gasteiger partial charge in [0, 0.05) is 18.5 Å². The second-order valence-electron chi connectivity index (χ2n) is 6.29. The molecule has 2 fully saturated rings. The van der Waals surface area contributed by atoms with Crippen molar-refractivity contribution in [2.24, 2.45) is 11.8 Å². The number of benzene rings is 1. The van der Waals surface area contributed by atoms with Crippen LogP contribution in [0.5, 0.6) is 5.75 Å². The maximum atomic E-state index is 10.0. The lowest BCUT2D eigenvalue weighted by atomic mass is 9.98. The van der Waals surface area contributed by atoms with Crippen molar-refractivity contribution in [3.8, 4) is 5.75 Å². The molecule has 1 aromatic rings. The lowest BCUT2D eigenvalue weighted by Crippen LogP contribution is -2.37. The molecular formula is C17H25NO2. The first-order chi connectivity index (χ1) is 9.75. The summed E-state index contributed by atoms with van der Waals surface area (Å²) in [5.74, 6) is 2.18. The third-order valence-electron chi connectivity index (χ3n) is 5.01. The van der Waals surface area contributed by atoms with Crippen LogP contribution < -0.4 is 4.74 Å². The molecule has 3 heteroatoms. The van der Waals surface area contributed by atoms with E-state index in [0.717, 1.165) is 37.7 Å². The fourth-order valence-corrected chi connectivity index (χ4v) is 4.12. The van der Waals surface area contributed by atoms with E-state index in [2.05, 4.69) is 11.9 Å². The summed E-state index contributed by atoms with van der Waals surface area (Å²) >= 11 is 0. The zero-order chi connectivity index (χ0) is 13.9. The molecule has 4 atom stereocenters. The van der Waals surface area contributed by atoms with Crippen molar-refractivity contribution in [2.75, 3.05) is 20.2 Å². The first-order valence-corrected chi connectivity index (χ1v) is 7.82. The van der Waals surface area contributed by atoms with Crippen LogP contribution in [-0.4, -0.2) is 42.4 Å². The Balaban J connectivity index is 1.41. The minimum Gasteiger partial charge on any atom is -0.494 e. The SMILES string of the molecule is CN(CCCOc1ccccc1)C1C2CCC1C(O)C2. The minimum absolute atomic E-state index is 0.0539. The van der Waals surface area contributed by atoms with Gasteiger partial charge in [-0.2, -0.15) is 0 Å². The van der Waals surface area contributed by atoms with Crippen molar-refractivity contribution in [1.82, 2.24) is 4.90 Å². The van der Waals surface area contributed by atoms with Gasteiger partial charge in [-0.1, -0.05) is 18.2 Å². The summed E-state index contributed by atoms with van der Waals surface area (Å²) in [7, 11) is 2.20. The number of hydrogen-bond acceptors (Lipinski definition) is 3. The number of nitrogens with zero attached hydrogens (tertiary/aromatic N) is 1. The Labute approximate surface area is 121 Å². The van der Waals surface area contributed by atoms with Crippen LogP contribution in [0, 0.1) is 11.8 Å². The molecule has 2 aliphatic rings. The Hall–Kier alpha value is -1.06. The normalized spacial score (nSPS) is 31.9. The van der Waals surface area contributed by atoms with Crippen molar-refractivity contribution in [1.29, 1.82) is 0 Å². The maximum Gasteiger partial charge on any atom is 0.119 e. The second-order valence-corrected chi connectivity index (χ2v) is 6.29. The van der Waals surface area contributed by atoms with Crippen LogP contribution in [0.1, 0.15) is 25.7 Å². The molecule has 20 heavy (non-hydrogen) atoms. The number of fused-ring (bicyclic) bond motifs is 2. The molecule has 0 aliphatic heterocycles. The predicted octanol–water partition coefficient (Wildman–Crippen LogP) is 2.55. The summed E-state index contributed by atoms with van der Waals surface area (Å²) in [5.41, 5.74) is 0. The molecule has 3 nitrogen and oxygen atoms in total. The van der Waals surface area contributed by atoms with E-state index in [9.17, 15) is 5.11 Å². The Morgan fingerprint density at radius 2 is 2.05 bits per heavy atom. The highest BCUT2D eigenvalue weighted by molar-refractivity contribution is 5.20. The van der Waals surface area contributed by atoms with E-state index in [1.165, 1.54) is 12.8 Å². The molecule has 4 unspecified atom stereocenters. The van der Waals surface area contributed by atoms with Gasteiger partial charge in [0.2, 0.25) is 0 Å². The van der Waals surface area contributed by atoms with E-state index in [-0.39, 0.29) is 6.10 Å². The topological polar surface area (TPSA) is 32.7 Å². The number of aliphatic hydroxyl groups is 1. The van der Waals surface area contributed by atoms with Crippen molar-refractivity contribution in [3.05, 3.63) is 30.3 Å². The molecule has 2 aliphatic carbocycles. The molecule has 1 aromatic carbocycles. The number of hydrogen-bond donors (Lipinski definition) is 1. The monoisotopic (exact) mass is 275 g/mol. The summed E-state index contributed by atoms with van der Waals surface area (Å²) in [6.07, 6.45) is 4.51. The van der Waals surface area contributed by atoms with E-state index >= 15 is 0 Å². The Kier molecular flexibility index (Phi) is 4.27. The molecule has 0 spiro atoms. The van der Waals surface area contributed by atoms with Crippen LogP contribution >= 0.6 is 0 Å². The van der Waals surface area contributed by atoms with Gasteiger partial charge >= 0.3 is 0 Å². The zero-order valence-electron chi connectivity index (χ0n) is 12.2. The quantitative estimate of drug-likeness (QED) is 0.810. The molecule has 0 heterocycles. The number of rotatable bonds is 6. The molecule has 0 radical (unpaired) electrons. The summed E-state index contributed by atoms with van der Waals surface area (Å²) in [6, 6.07) is 10.6. The molecule has 0 aromatic heterocycles. The number of ether oxygens (including phenoxy) is 1. The number of aliphatic hydroxyl groups excluding tert-OH is 1. The van der Waals surface area contributed by atoms with Gasteiger partial charge in [0.25, 0.3) is 0 Å². The number of para-hydroxylation sites is 1. The van der Waals surface area contributed by atoms with Crippen LogP contribution in [0.4, 0.5) is 0 Å². The minimum atomic E-state index is -0.0539. The molecule has 1 N–H and O–H groups in total. The second kappa shape index (κ2) is 6.15. The Morgan fingerprint density at radius 1 is 1.25 bits per heavy atom. The van der Waals surface area contributed by atoms with E-state index < -0.39 is 0 Å². The largest absolute Gasteiger partial charge is 0.494 e. The molecule has 3 rings (SSSR count). The van der Waals surface area contributed by atoms with E-state index in [1.54, 1.807) is 0 Å². The van der Waals surface area contributed by atoms with Gasteiger partial charge < -0.3 is 14.7 Å². The highest BCUT2D eigenvalue weighted by Crippen LogP contribution is 2.46. The van der Waals surface area contributed by atoms with Gasteiger partial charge in [-0.25, -0.2) is 0 Å². The third kappa shape index (κ3) is 2.84. The fourth-order valence-electron chi connectivity index (χ4n) is 4.12. The average Bonchev–Trinajstić information content (AvgIpc) is 3.01. The van der Waals surface area contributed by atoms with Gasteiger partial charge in [-0.15, -0.1) is 0 Å². The van der Waals surface area contributed by atoms with E-state index in [1.807, 2.05) is 30.3 Å². The van der Waals surface area contributed by atoms with Crippen molar-refractivity contribution < 1.29 is 9.84 Å². The first kappa shape index (κ1) is 13.9. The lowest BCUT2D eigenvalue weighted by molar-refractivity contribution is 0.0947. The average molecular weight is 275 g/mol. The van der Waals surface area contributed by atoms with Gasteiger partial charge in [0.15, 0.2) is 0 Å². The fraction of sp³-hybridized carbons (Fsp3) is 0.647. The van der Waals surface area contributed by atoms with Gasteiger partial charge in [0.1, 0.15) is 5.75 Å². The summed E-state index contributed by atoms with van der Waals surface area (Å²) < 4.78 is 5.73. The Bertz CT molecular complexity index is 422. The molecule has 110 valence electrons.